The second-order valence-corrected chi connectivity index (χ2v) is 4.88. The predicted octanol–water partition coefficient (Wildman–Crippen LogP) is 3.26. The molecule has 1 rings (SSSR count). The second kappa shape index (κ2) is 7.51. The maximum atomic E-state index is 5.66. The van der Waals surface area contributed by atoms with Crippen molar-refractivity contribution in [3.63, 3.8) is 0 Å². The van der Waals surface area contributed by atoms with Gasteiger partial charge in [-0.15, -0.1) is 0 Å². The number of aryl methyl sites for hydroxylation is 1. The van der Waals surface area contributed by atoms with Crippen LogP contribution in [0.5, 0.6) is 0 Å². The minimum Gasteiger partial charge on any atom is -0.464 e. The highest BCUT2D eigenvalue weighted by Crippen LogP contribution is 2.15. The Labute approximate surface area is 105 Å². The number of rotatable bonds is 8. The summed E-state index contributed by atoms with van der Waals surface area (Å²) in [6, 6.07) is 2.10. The summed E-state index contributed by atoms with van der Waals surface area (Å²) in [6.07, 6.45) is 1.15. The molecule has 0 saturated carbocycles. The molecule has 0 fully saturated rings. The van der Waals surface area contributed by atoms with Gasteiger partial charge >= 0.3 is 0 Å². The Kier molecular flexibility index (Phi) is 6.30. The van der Waals surface area contributed by atoms with Crippen LogP contribution in [0.3, 0.4) is 0 Å². The van der Waals surface area contributed by atoms with Gasteiger partial charge in [-0.25, -0.2) is 0 Å². The first kappa shape index (κ1) is 14.3. The molecule has 3 nitrogen and oxygen atoms in total. The molecule has 1 aromatic rings. The summed E-state index contributed by atoms with van der Waals surface area (Å²) in [5.41, 5.74) is 1.24. The molecule has 0 amide bonds. The Morgan fingerprint density at radius 2 is 2.18 bits per heavy atom. The van der Waals surface area contributed by atoms with Gasteiger partial charge in [-0.05, 0) is 31.9 Å². The zero-order valence-electron chi connectivity index (χ0n) is 11.5. The van der Waals surface area contributed by atoms with Crippen molar-refractivity contribution in [1.29, 1.82) is 0 Å². The van der Waals surface area contributed by atoms with Crippen LogP contribution < -0.4 is 5.32 Å². The molecule has 0 aliphatic rings. The Bertz CT molecular complexity index is 318. The molecule has 0 saturated heterocycles. The van der Waals surface area contributed by atoms with Crippen molar-refractivity contribution < 1.29 is 9.15 Å². The molecule has 0 aliphatic carbocycles. The molecular weight excluding hydrogens is 214 g/mol. The van der Waals surface area contributed by atoms with E-state index in [1.165, 1.54) is 5.56 Å². The van der Waals surface area contributed by atoms with E-state index in [0.29, 0.717) is 12.5 Å². The van der Waals surface area contributed by atoms with Crippen molar-refractivity contribution >= 4 is 0 Å². The van der Waals surface area contributed by atoms with E-state index < -0.39 is 0 Å². The molecule has 0 aromatic carbocycles. The Hall–Kier alpha value is -0.800. The summed E-state index contributed by atoms with van der Waals surface area (Å²) in [7, 11) is 0. The Balaban J connectivity index is 2.38. The van der Waals surface area contributed by atoms with Gasteiger partial charge in [-0.1, -0.05) is 20.8 Å². The molecule has 0 unspecified atom stereocenters. The highest BCUT2D eigenvalue weighted by atomic mass is 16.5. The lowest BCUT2D eigenvalue weighted by Gasteiger charge is -2.04. The first-order valence-electron chi connectivity index (χ1n) is 6.50. The van der Waals surface area contributed by atoms with Crippen molar-refractivity contribution in [1.82, 2.24) is 5.32 Å². The van der Waals surface area contributed by atoms with Crippen molar-refractivity contribution in [2.24, 2.45) is 5.92 Å². The summed E-state index contributed by atoms with van der Waals surface area (Å²) in [4.78, 5) is 0. The lowest BCUT2D eigenvalue weighted by Crippen LogP contribution is -2.13. The molecule has 0 atom stereocenters. The van der Waals surface area contributed by atoms with Crippen LogP contribution in [0, 0.1) is 12.8 Å². The number of ether oxygens (including phenoxy) is 1. The minimum absolute atomic E-state index is 0.566. The van der Waals surface area contributed by atoms with Crippen molar-refractivity contribution in [3.8, 4) is 0 Å². The molecule has 1 aromatic heterocycles. The molecule has 0 spiro atoms. The third-order valence-corrected chi connectivity index (χ3v) is 2.51. The molecule has 1 heterocycles. The van der Waals surface area contributed by atoms with Gasteiger partial charge in [0.1, 0.15) is 18.1 Å². The lowest BCUT2D eigenvalue weighted by atomic mass is 10.2. The highest BCUT2D eigenvalue weighted by molar-refractivity contribution is 5.20. The van der Waals surface area contributed by atoms with Crippen molar-refractivity contribution in [3.05, 3.63) is 23.2 Å². The maximum Gasteiger partial charge on any atom is 0.130 e. The van der Waals surface area contributed by atoms with E-state index in [0.717, 1.165) is 37.6 Å². The van der Waals surface area contributed by atoms with Crippen LogP contribution in [-0.2, 0) is 17.9 Å². The monoisotopic (exact) mass is 239 g/mol. The summed E-state index contributed by atoms with van der Waals surface area (Å²) < 4.78 is 11.2. The first-order valence-corrected chi connectivity index (χ1v) is 6.50. The largest absolute Gasteiger partial charge is 0.464 e. The van der Waals surface area contributed by atoms with Crippen LogP contribution in [0.4, 0.5) is 0 Å². The van der Waals surface area contributed by atoms with Crippen LogP contribution in [0.1, 0.15) is 44.3 Å². The van der Waals surface area contributed by atoms with Gasteiger partial charge in [0.25, 0.3) is 0 Å². The summed E-state index contributed by atoms with van der Waals surface area (Å²) >= 11 is 0. The van der Waals surface area contributed by atoms with Crippen LogP contribution in [0.15, 0.2) is 10.5 Å². The Morgan fingerprint density at radius 3 is 2.82 bits per heavy atom. The second-order valence-electron chi connectivity index (χ2n) is 4.88. The number of hydrogen-bond donors (Lipinski definition) is 1. The van der Waals surface area contributed by atoms with Gasteiger partial charge in [0, 0.05) is 18.7 Å². The molecule has 0 aliphatic heterocycles. The van der Waals surface area contributed by atoms with E-state index in [2.05, 4.69) is 32.2 Å². The predicted molar refractivity (Wildman–Crippen MR) is 69.9 cm³/mol. The first-order chi connectivity index (χ1) is 8.13. The lowest BCUT2D eigenvalue weighted by molar-refractivity contribution is 0.0841. The molecule has 1 N–H and O–H groups in total. The maximum absolute atomic E-state index is 5.66. The quantitative estimate of drug-likeness (QED) is 0.707. The van der Waals surface area contributed by atoms with E-state index in [-0.39, 0.29) is 0 Å². The Morgan fingerprint density at radius 1 is 1.41 bits per heavy atom. The van der Waals surface area contributed by atoms with Gasteiger partial charge in [-0.3, -0.25) is 0 Å². The smallest absolute Gasteiger partial charge is 0.130 e. The fourth-order valence-electron chi connectivity index (χ4n) is 1.63. The molecule has 3 heteroatoms. The molecule has 17 heavy (non-hydrogen) atoms. The number of furan rings is 1. The van der Waals surface area contributed by atoms with E-state index >= 15 is 0 Å². The van der Waals surface area contributed by atoms with E-state index in [9.17, 15) is 0 Å². The van der Waals surface area contributed by atoms with Crippen LogP contribution in [0.2, 0.25) is 0 Å². The van der Waals surface area contributed by atoms with Crippen LogP contribution in [-0.4, -0.2) is 13.2 Å². The topological polar surface area (TPSA) is 34.4 Å². The molecular formula is C14H25NO2. The molecule has 0 radical (unpaired) electrons. The third kappa shape index (κ3) is 5.37. The third-order valence-electron chi connectivity index (χ3n) is 2.51. The van der Waals surface area contributed by atoms with E-state index in [1.807, 2.05) is 6.92 Å². The SMILES string of the molecule is CCCNCc1cc(COCC(C)C)oc1C. The van der Waals surface area contributed by atoms with Gasteiger partial charge in [-0.2, -0.15) is 0 Å². The number of nitrogens with one attached hydrogen (secondary N) is 1. The zero-order chi connectivity index (χ0) is 12.7. The van der Waals surface area contributed by atoms with E-state index in [4.69, 9.17) is 9.15 Å². The number of hydrogen-bond acceptors (Lipinski definition) is 3. The van der Waals surface area contributed by atoms with Crippen LogP contribution in [0.25, 0.3) is 0 Å². The van der Waals surface area contributed by atoms with Gasteiger partial charge in [0.15, 0.2) is 0 Å². The van der Waals surface area contributed by atoms with Gasteiger partial charge < -0.3 is 14.5 Å². The zero-order valence-corrected chi connectivity index (χ0v) is 11.5. The van der Waals surface area contributed by atoms with Crippen LogP contribution >= 0.6 is 0 Å². The highest BCUT2D eigenvalue weighted by Gasteiger charge is 2.07. The summed E-state index contributed by atoms with van der Waals surface area (Å²) in [6.45, 7) is 11.8. The van der Waals surface area contributed by atoms with Crippen molar-refractivity contribution in [2.75, 3.05) is 13.2 Å². The fourth-order valence-corrected chi connectivity index (χ4v) is 1.63. The average Bonchev–Trinajstić information content (AvgIpc) is 2.59. The fraction of sp³-hybridized carbons (Fsp3) is 0.714. The van der Waals surface area contributed by atoms with Gasteiger partial charge in [0.05, 0.1) is 0 Å². The summed E-state index contributed by atoms with van der Waals surface area (Å²) in [5.74, 6) is 2.49. The molecule has 0 bridgehead atoms. The molecule has 98 valence electrons. The summed E-state index contributed by atoms with van der Waals surface area (Å²) in [5, 5.41) is 3.38. The average molecular weight is 239 g/mol. The minimum atomic E-state index is 0.566. The van der Waals surface area contributed by atoms with Crippen molar-refractivity contribution in [2.45, 2.75) is 47.3 Å². The van der Waals surface area contributed by atoms with E-state index in [1.54, 1.807) is 0 Å². The van der Waals surface area contributed by atoms with Gasteiger partial charge in [0.2, 0.25) is 0 Å². The normalized spacial score (nSPS) is 11.4. The standard InChI is InChI=1S/C14H25NO2/c1-5-6-15-8-13-7-14(17-12(13)4)10-16-9-11(2)3/h7,11,15H,5-6,8-10H2,1-4H3.